The Morgan fingerprint density at radius 2 is 1.70 bits per heavy atom. The first-order chi connectivity index (χ1) is 19.0. The number of aromatic hydroxyl groups is 1. The Balaban J connectivity index is 1.74. The van der Waals surface area contributed by atoms with Gasteiger partial charge >= 0.3 is 0 Å². The lowest BCUT2D eigenvalue weighted by atomic mass is 9.90. The first-order valence-electron chi connectivity index (χ1n) is 13.5. The number of nitrogens with one attached hydrogen (secondary N) is 2. The number of benzene rings is 1. The van der Waals surface area contributed by atoms with E-state index in [1.54, 1.807) is 20.9 Å². The smallest absolute Gasteiger partial charge is 0.274 e. The molecule has 214 valence electrons. The number of aliphatic hydroxyl groups excluding tert-OH is 1. The quantitative estimate of drug-likeness (QED) is 0.427. The van der Waals surface area contributed by atoms with Gasteiger partial charge in [0.2, 0.25) is 17.7 Å². The number of nitrogens with zero attached hydrogens (tertiary/aromatic N) is 3. The molecule has 0 bridgehead atoms. The van der Waals surface area contributed by atoms with Crippen molar-refractivity contribution in [2.75, 3.05) is 14.1 Å². The standard InChI is InChI=1S/C29H37N5O6/c1-16-25(36)20(15-18-9-6-5-7-10-18)31-26(37)22(32-27(38)23-21(35)11-8-14-30-23)17(2)33(3)29(40)24(19-12-13-19)34(4)28(16)39/h5-11,14,16-17,19-20,22,24-25,35-36H,12-13,15H2,1-4H3,(H,31,37)(H,32,38)/t16-,17-,20+,22+,24?,25+/m1/s1. The zero-order valence-corrected chi connectivity index (χ0v) is 23.2. The monoisotopic (exact) mass is 551 g/mol. The zero-order valence-electron chi connectivity index (χ0n) is 23.2. The minimum Gasteiger partial charge on any atom is -0.505 e. The number of hydrogen-bond donors (Lipinski definition) is 4. The van der Waals surface area contributed by atoms with Crippen molar-refractivity contribution in [1.29, 1.82) is 0 Å². The minimum absolute atomic E-state index is 0.0316. The van der Waals surface area contributed by atoms with Crippen molar-refractivity contribution in [2.45, 2.75) is 63.4 Å². The largest absolute Gasteiger partial charge is 0.505 e. The van der Waals surface area contributed by atoms with Crippen molar-refractivity contribution in [3.05, 3.63) is 59.9 Å². The second kappa shape index (κ2) is 12.0. The number of rotatable bonds is 5. The molecule has 1 aromatic heterocycles. The predicted octanol–water partition coefficient (Wildman–Crippen LogP) is 0.708. The van der Waals surface area contributed by atoms with Crippen LogP contribution in [0.1, 0.15) is 42.7 Å². The molecule has 2 heterocycles. The van der Waals surface area contributed by atoms with Crippen LogP contribution in [0.2, 0.25) is 0 Å². The Kier molecular flexibility index (Phi) is 8.73. The maximum Gasteiger partial charge on any atom is 0.274 e. The molecule has 11 heteroatoms. The summed E-state index contributed by atoms with van der Waals surface area (Å²) in [5.41, 5.74) is 0.570. The molecule has 4 rings (SSSR count). The third kappa shape index (κ3) is 6.09. The maximum absolute atomic E-state index is 13.8. The lowest BCUT2D eigenvalue weighted by Gasteiger charge is -2.40. The molecule has 1 saturated carbocycles. The Morgan fingerprint density at radius 1 is 1.02 bits per heavy atom. The Labute approximate surface area is 233 Å². The molecule has 2 aromatic rings. The summed E-state index contributed by atoms with van der Waals surface area (Å²) >= 11 is 0. The van der Waals surface area contributed by atoms with Gasteiger partial charge in [-0.05, 0) is 49.8 Å². The molecule has 1 aromatic carbocycles. The van der Waals surface area contributed by atoms with Gasteiger partial charge < -0.3 is 30.6 Å². The SMILES string of the molecule is C[C@@H]1[C@H](NC(=O)c2ncccc2O)C(=O)N[C@@H](Cc2ccccc2)[C@@H](O)[C@@H](C)C(=O)N(C)C(C2CC2)C(=O)N1C. The summed E-state index contributed by atoms with van der Waals surface area (Å²) in [6.45, 7) is 3.22. The Bertz CT molecular complexity index is 1250. The highest BCUT2D eigenvalue weighted by Crippen LogP contribution is 2.37. The molecule has 4 amide bonds. The van der Waals surface area contributed by atoms with Gasteiger partial charge in [-0.1, -0.05) is 37.3 Å². The van der Waals surface area contributed by atoms with Crippen LogP contribution in [0, 0.1) is 11.8 Å². The molecule has 1 saturated heterocycles. The molecule has 1 aliphatic carbocycles. The molecular weight excluding hydrogens is 514 g/mol. The molecule has 2 fully saturated rings. The highest BCUT2D eigenvalue weighted by molar-refractivity contribution is 5.98. The topological polar surface area (TPSA) is 152 Å². The van der Waals surface area contributed by atoms with Crippen molar-refractivity contribution in [3.63, 3.8) is 0 Å². The number of pyridine rings is 1. The third-order valence-corrected chi connectivity index (χ3v) is 8.04. The first-order valence-corrected chi connectivity index (χ1v) is 13.5. The lowest BCUT2D eigenvalue weighted by Crippen LogP contribution is -2.64. The number of carbonyl (C=O) groups is 4. The lowest BCUT2D eigenvalue weighted by molar-refractivity contribution is -0.151. The highest BCUT2D eigenvalue weighted by atomic mass is 16.3. The molecule has 1 aliphatic heterocycles. The van der Waals surface area contributed by atoms with Gasteiger partial charge in [-0.2, -0.15) is 0 Å². The predicted molar refractivity (Wildman–Crippen MR) is 146 cm³/mol. The summed E-state index contributed by atoms with van der Waals surface area (Å²) in [4.78, 5) is 60.9. The molecule has 2 aliphatic rings. The summed E-state index contributed by atoms with van der Waals surface area (Å²) < 4.78 is 0. The second-order valence-electron chi connectivity index (χ2n) is 10.8. The second-order valence-corrected chi connectivity index (χ2v) is 10.8. The first kappa shape index (κ1) is 29.0. The van der Waals surface area contributed by atoms with E-state index >= 15 is 0 Å². The van der Waals surface area contributed by atoms with Crippen LogP contribution in [0.4, 0.5) is 0 Å². The van der Waals surface area contributed by atoms with Crippen molar-refractivity contribution >= 4 is 23.6 Å². The maximum atomic E-state index is 13.8. The van der Waals surface area contributed by atoms with Crippen molar-refractivity contribution in [3.8, 4) is 5.75 Å². The van der Waals surface area contributed by atoms with Gasteiger partial charge in [-0.3, -0.25) is 19.2 Å². The van der Waals surface area contributed by atoms with E-state index in [1.165, 1.54) is 35.2 Å². The van der Waals surface area contributed by atoms with E-state index in [1.807, 2.05) is 30.3 Å². The molecule has 0 spiro atoms. The van der Waals surface area contributed by atoms with Crippen LogP contribution in [0.5, 0.6) is 5.75 Å². The van der Waals surface area contributed by atoms with E-state index in [0.717, 1.165) is 18.4 Å². The number of aliphatic hydroxyl groups is 1. The van der Waals surface area contributed by atoms with Gasteiger partial charge in [0.1, 0.15) is 17.8 Å². The molecule has 6 atom stereocenters. The fourth-order valence-corrected chi connectivity index (χ4v) is 5.27. The summed E-state index contributed by atoms with van der Waals surface area (Å²) in [6, 6.07) is 8.27. The van der Waals surface area contributed by atoms with Gasteiger partial charge in [0.05, 0.1) is 24.1 Å². The van der Waals surface area contributed by atoms with Gasteiger partial charge in [-0.25, -0.2) is 4.98 Å². The van der Waals surface area contributed by atoms with Crippen molar-refractivity contribution in [2.24, 2.45) is 11.8 Å². The normalized spacial score (nSPS) is 28.4. The van der Waals surface area contributed by atoms with Crippen LogP contribution >= 0.6 is 0 Å². The molecule has 1 unspecified atom stereocenters. The summed E-state index contributed by atoms with van der Waals surface area (Å²) in [7, 11) is 3.11. The average molecular weight is 552 g/mol. The van der Waals surface area contributed by atoms with Crippen LogP contribution in [0.15, 0.2) is 48.7 Å². The average Bonchev–Trinajstić information content (AvgIpc) is 3.78. The third-order valence-electron chi connectivity index (χ3n) is 8.04. The Hall–Kier alpha value is -3.99. The molecule has 0 radical (unpaired) electrons. The van der Waals surface area contributed by atoms with Crippen LogP contribution < -0.4 is 10.6 Å². The molecule has 4 N–H and O–H groups in total. The number of carbonyl (C=O) groups excluding carboxylic acids is 4. The highest BCUT2D eigenvalue weighted by Gasteiger charge is 2.46. The van der Waals surface area contributed by atoms with Crippen LogP contribution in [0.3, 0.4) is 0 Å². The van der Waals surface area contributed by atoms with E-state index in [2.05, 4.69) is 15.6 Å². The van der Waals surface area contributed by atoms with E-state index < -0.39 is 48.0 Å². The number of likely N-dealkylation sites (N-methyl/N-ethyl adjacent to an activating group) is 2. The van der Waals surface area contributed by atoms with E-state index in [0.29, 0.717) is 0 Å². The number of aromatic nitrogens is 1. The van der Waals surface area contributed by atoms with Gasteiger partial charge in [0.25, 0.3) is 5.91 Å². The van der Waals surface area contributed by atoms with Crippen LogP contribution in [-0.4, -0.2) is 93.0 Å². The van der Waals surface area contributed by atoms with E-state index in [-0.39, 0.29) is 35.6 Å². The Morgan fingerprint density at radius 3 is 2.33 bits per heavy atom. The van der Waals surface area contributed by atoms with Crippen molar-refractivity contribution < 1.29 is 29.4 Å². The summed E-state index contributed by atoms with van der Waals surface area (Å²) in [5.74, 6) is -3.50. The van der Waals surface area contributed by atoms with Crippen LogP contribution in [0.25, 0.3) is 0 Å². The number of hydrogen-bond acceptors (Lipinski definition) is 7. The zero-order chi connectivity index (χ0) is 29.1. The fourth-order valence-electron chi connectivity index (χ4n) is 5.27. The van der Waals surface area contributed by atoms with Gasteiger partial charge in [0, 0.05) is 20.3 Å². The summed E-state index contributed by atoms with van der Waals surface area (Å²) in [6.07, 6.45) is 1.85. The van der Waals surface area contributed by atoms with Gasteiger partial charge in [-0.15, -0.1) is 0 Å². The van der Waals surface area contributed by atoms with Crippen molar-refractivity contribution in [1.82, 2.24) is 25.4 Å². The fraction of sp³-hybridized carbons (Fsp3) is 0.483. The molecule has 11 nitrogen and oxygen atoms in total. The number of amides is 4. The molecule has 40 heavy (non-hydrogen) atoms. The minimum atomic E-state index is -1.28. The summed E-state index contributed by atoms with van der Waals surface area (Å²) in [5, 5.41) is 27.0. The van der Waals surface area contributed by atoms with Gasteiger partial charge in [0.15, 0.2) is 5.69 Å². The van der Waals surface area contributed by atoms with Crippen LogP contribution in [-0.2, 0) is 20.8 Å². The van der Waals surface area contributed by atoms with E-state index in [9.17, 15) is 29.4 Å². The van der Waals surface area contributed by atoms with E-state index in [4.69, 9.17) is 0 Å². The molecular formula is C29H37N5O6.